The molecule has 4 aromatic heterocycles. The summed E-state index contributed by atoms with van der Waals surface area (Å²) >= 11 is 0. The summed E-state index contributed by atoms with van der Waals surface area (Å²) in [7, 11) is 4.10. The van der Waals surface area contributed by atoms with Crippen molar-refractivity contribution in [1.82, 2.24) is 39.0 Å². The fourth-order valence-electron chi connectivity index (χ4n) is 5.55. The third-order valence-corrected chi connectivity index (χ3v) is 7.62. The highest BCUT2D eigenvalue weighted by atomic mass is 19.1. The molecule has 5 heterocycles. The maximum absolute atomic E-state index is 15.1. The first-order valence-corrected chi connectivity index (χ1v) is 13.2. The molecule has 202 valence electrons. The van der Waals surface area contributed by atoms with Crippen LogP contribution in [0.3, 0.4) is 0 Å². The highest BCUT2D eigenvalue weighted by molar-refractivity contribution is 5.80. The quantitative estimate of drug-likeness (QED) is 0.361. The van der Waals surface area contributed by atoms with Crippen LogP contribution in [0, 0.1) is 5.82 Å². The van der Waals surface area contributed by atoms with Gasteiger partial charge in [-0.2, -0.15) is 9.50 Å². The molecule has 1 aromatic carbocycles. The van der Waals surface area contributed by atoms with E-state index in [0.717, 1.165) is 43.6 Å². The first kappa shape index (κ1) is 24.3. The van der Waals surface area contributed by atoms with Crippen LogP contribution in [0.1, 0.15) is 24.1 Å². The van der Waals surface area contributed by atoms with Crippen molar-refractivity contribution in [1.29, 1.82) is 0 Å². The fraction of sp³-hybridized carbons (Fsp3) is 0.286. The van der Waals surface area contributed by atoms with Gasteiger partial charge in [0.2, 0.25) is 11.9 Å². The predicted octanol–water partition coefficient (Wildman–Crippen LogP) is 3.20. The minimum absolute atomic E-state index is 0.222. The van der Waals surface area contributed by atoms with E-state index in [1.165, 1.54) is 16.8 Å². The Morgan fingerprint density at radius 3 is 2.75 bits per heavy atom. The first-order chi connectivity index (χ1) is 19.5. The van der Waals surface area contributed by atoms with Gasteiger partial charge in [0.05, 0.1) is 11.4 Å². The Kier molecular flexibility index (Phi) is 5.77. The summed E-state index contributed by atoms with van der Waals surface area (Å²) in [6, 6.07) is 7.16. The highest BCUT2D eigenvalue weighted by Gasteiger charge is 2.26. The number of benzene rings is 1. The van der Waals surface area contributed by atoms with Crippen molar-refractivity contribution in [3.63, 3.8) is 0 Å². The zero-order chi connectivity index (χ0) is 27.4. The lowest BCUT2D eigenvalue weighted by atomic mass is 10.1. The topological polar surface area (TPSA) is 109 Å². The molecule has 1 N–H and O–H groups in total. The van der Waals surface area contributed by atoms with Gasteiger partial charge < -0.3 is 15.1 Å². The van der Waals surface area contributed by atoms with Gasteiger partial charge in [0.25, 0.3) is 5.56 Å². The molecule has 2 aliphatic rings. The second kappa shape index (κ2) is 9.49. The van der Waals surface area contributed by atoms with Gasteiger partial charge in [0.1, 0.15) is 11.2 Å². The zero-order valence-electron chi connectivity index (χ0n) is 22.1. The summed E-state index contributed by atoms with van der Waals surface area (Å²) in [5.74, 6) is 0.300. The Morgan fingerprint density at radius 2 is 1.98 bits per heavy atom. The summed E-state index contributed by atoms with van der Waals surface area (Å²) in [6.07, 6.45) is 11.3. The molecule has 0 radical (unpaired) electrons. The van der Waals surface area contributed by atoms with E-state index in [0.29, 0.717) is 29.0 Å². The van der Waals surface area contributed by atoms with Gasteiger partial charge in [-0.1, -0.05) is 12.2 Å². The number of hydrogen-bond acceptors (Lipinski definition) is 9. The molecule has 1 aliphatic carbocycles. The van der Waals surface area contributed by atoms with Gasteiger partial charge in [0, 0.05) is 49.0 Å². The number of halogens is 1. The molecule has 7 rings (SSSR count). The van der Waals surface area contributed by atoms with E-state index in [4.69, 9.17) is 4.98 Å². The molecule has 0 spiro atoms. The van der Waals surface area contributed by atoms with Gasteiger partial charge in [-0.15, -0.1) is 0 Å². The molecule has 40 heavy (non-hydrogen) atoms. The molecule has 0 bridgehead atoms. The SMILES string of the molecule is CN(C)C1CCN(c2ccc(Nc3ncc4c(=O)n5c(nc4n3)c3c(n5-c4ncccn4)CCC=C3)cc2F)C1. The number of likely N-dealkylation sites (N-methyl/N-ethyl adjacent to an activating group) is 1. The highest BCUT2D eigenvalue weighted by Crippen LogP contribution is 2.29. The van der Waals surface area contributed by atoms with Crippen LogP contribution in [0.2, 0.25) is 0 Å². The second-order valence-electron chi connectivity index (χ2n) is 10.3. The molecule has 1 atom stereocenters. The Morgan fingerprint density at radius 1 is 1.12 bits per heavy atom. The first-order valence-electron chi connectivity index (χ1n) is 13.2. The van der Waals surface area contributed by atoms with Crippen LogP contribution in [0.25, 0.3) is 28.7 Å². The van der Waals surface area contributed by atoms with Gasteiger partial charge in [-0.05, 0) is 57.6 Å². The van der Waals surface area contributed by atoms with E-state index in [-0.39, 0.29) is 28.4 Å². The monoisotopic (exact) mass is 538 g/mol. The Balaban J connectivity index is 1.25. The van der Waals surface area contributed by atoms with Crippen LogP contribution in [-0.2, 0) is 6.42 Å². The molecule has 0 amide bonds. The maximum atomic E-state index is 15.1. The van der Waals surface area contributed by atoms with Crippen LogP contribution in [0.5, 0.6) is 0 Å². The van der Waals surface area contributed by atoms with Crippen molar-refractivity contribution in [3.05, 3.63) is 76.4 Å². The van der Waals surface area contributed by atoms with Crippen molar-refractivity contribution in [2.24, 2.45) is 0 Å². The molecule has 12 heteroatoms. The van der Waals surface area contributed by atoms with E-state index in [1.54, 1.807) is 29.2 Å². The lowest BCUT2D eigenvalue weighted by Gasteiger charge is -2.22. The average Bonchev–Trinajstić information content (AvgIpc) is 3.58. The molecular weight excluding hydrogens is 511 g/mol. The van der Waals surface area contributed by atoms with E-state index >= 15 is 4.39 Å². The van der Waals surface area contributed by atoms with E-state index in [2.05, 4.69) is 41.1 Å². The minimum atomic E-state index is -0.321. The van der Waals surface area contributed by atoms with Crippen LogP contribution >= 0.6 is 0 Å². The lowest BCUT2D eigenvalue weighted by molar-refractivity contribution is 0.315. The summed E-state index contributed by atoms with van der Waals surface area (Å²) in [6.45, 7) is 1.60. The summed E-state index contributed by atoms with van der Waals surface area (Å²) < 4.78 is 18.3. The number of hydrogen-bond donors (Lipinski definition) is 1. The summed E-state index contributed by atoms with van der Waals surface area (Å²) in [4.78, 5) is 40.3. The molecule has 1 saturated heterocycles. The number of allylic oxidation sites excluding steroid dienone is 1. The Bertz CT molecular complexity index is 1850. The Hall–Kier alpha value is -4.71. The zero-order valence-corrected chi connectivity index (χ0v) is 22.1. The number of aromatic nitrogens is 7. The van der Waals surface area contributed by atoms with Gasteiger partial charge in [0.15, 0.2) is 11.3 Å². The molecule has 5 aromatic rings. The van der Waals surface area contributed by atoms with Gasteiger partial charge >= 0.3 is 0 Å². The number of nitrogens with one attached hydrogen (secondary N) is 1. The lowest BCUT2D eigenvalue weighted by Crippen LogP contribution is -2.31. The van der Waals surface area contributed by atoms with Gasteiger partial charge in [-0.25, -0.2) is 29.0 Å². The van der Waals surface area contributed by atoms with Crippen LogP contribution < -0.4 is 15.8 Å². The van der Waals surface area contributed by atoms with E-state index in [9.17, 15) is 4.79 Å². The smallest absolute Gasteiger partial charge is 0.284 e. The van der Waals surface area contributed by atoms with E-state index in [1.807, 2.05) is 26.2 Å². The number of rotatable bonds is 5. The van der Waals surface area contributed by atoms with Crippen LogP contribution in [0.15, 0.2) is 53.7 Å². The molecular formula is C28H27FN10O. The summed E-state index contributed by atoms with van der Waals surface area (Å²) in [5.41, 5.74) is 3.23. The van der Waals surface area contributed by atoms with Crippen molar-refractivity contribution >= 4 is 40.1 Å². The molecule has 1 unspecified atom stereocenters. The fourth-order valence-corrected chi connectivity index (χ4v) is 5.55. The van der Waals surface area contributed by atoms with Crippen molar-refractivity contribution < 1.29 is 4.39 Å². The third-order valence-electron chi connectivity index (χ3n) is 7.62. The average molecular weight is 539 g/mol. The van der Waals surface area contributed by atoms with Crippen molar-refractivity contribution in [3.8, 4) is 5.95 Å². The molecule has 1 fully saturated rings. The van der Waals surface area contributed by atoms with Crippen molar-refractivity contribution in [2.45, 2.75) is 25.3 Å². The third kappa shape index (κ3) is 3.99. The maximum Gasteiger partial charge on any atom is 0.284 e. The number of anilines is 3. The van der Waals surface area contributed by atoms with E-state index < -0.39 is 0 Å². The Labute approximate surface area is 228 Å². The van der Waals surface area contributed by atoms with Gasteiger partial charge in [-0.3, -0.25) is 4.79 Å². The van der Waals surface area contributed by atoms with Crippen LogP contribution in [0.4, 0.5) is 21.7 Å². The second-order valence-corrected chi connectivity index (χ2v) is 10.3. The van der Waals surface area contributed by atoms with Crippen LogP contribution in [-0.4, -0.2) is 72.2 Å². The molecule has 1 aliphatic heterocycles. The number of nitrogens with zero attached hydrogens (tertiary/aromatic N) is 9. The summed E-state index contributed by atoms with van der Waals surface area (Å²) in [5, 5.41) is 3.32. The normalized spacial score (nSPS) is 16.8. The van der Waals surface area contributed by atoms with Crippen molar-refractivity contribution in [2.75, 3.05) is 37.4 Å². The standard InChI is InChI=1S/C28H27FN10O/c1-36(2)18-10-13-37(16-18)23-9-8-17(14-21(23)29)33-27-32-15-20-24(35-27)34-25-19-6-3-4-7-22(19)38(39(25)26(20)40)28-30-11-5-12-31-28/h3,5-6,8-9,11-12,14-15,18H,4,7,10,13,16H2,1-2H3,(H,32,33,35). The molecule has 11 nitrogen and oxygen atoms in total. The number of fused-ring (bicyclic) bond motifs is 4. The predicted molar refractivity (Wildman–Crippen MR) is 151 cm³/mol. The minimum Gasteiger partial charge on any atom is -0.368 e. The molecule has 0 saturated carbocycles. The largest absolute Gasteiger partial charge is 0.368 e.